The lowest BCUT2D eigenvalue weighted by atomic mass is 10.3. The molecule has 0 atom stereocenters. The highest BCUT2D eigenvalue weighted by atomic mass is 32.2. The molecule has 1 heterocycles. The van der Waals surface area contributed by atoms with Crippen molar-refractivity contribution in [3.05, 3.63) is 72.8 Å². The van der Waals surface area contributed by atoms with E-state index in [4.69, 9.17) is 14.2 Å². The van der Waals surface area contributed by atoms with Gasteiger partial charge in [0.25, 0.3) is 10.0 Å². The van der Waals surface area contributed by atoms with E-state index < -0.39 is 32.5 Å². The normalized spacial score (nSPS) is 14.4. The highest BCUT2D eigenvalue weighted by Crippen LogP contribution is 2.30. The minimum atomic E-state index is -4.14. The molecule has 0 aromatic heterocycles. The van der Waals surface area contributed by atoms with Crippen LogP contribution in [0.4, 0.5) is 11.4 Å². The average Bonchev–Trinajstić information content (AvgIpc) is 2.96. The van der Waals surface area contributed by atoms with Gasteiger partial charge in [0.1, 0.15) is 18.0 Å². The minimum Gasteiger partial charge on any atom is -0.497 e. The summed E-state index contributed by atoms with van der Waals surface area (Å²) in [7, 11) is -5.12. The van der Waals surface area contributed by atoms with Crippen LogP contribution in [0.15, 0.2) is 82.6 Å². The monoisotopic (exact) mass is 575 g/mol. The molecule has 0 unspecified atom stereocenters. The number of ether oxygens (including phenoxy) is 3. The molecule has 13 heteroatoms. The van der Waals surface area contributed by atoms with E-state index in [9.17, 15) is 21.6 Å². The number of nitrogens with one attached hydrogen (secondary N) is 1. The predicted molar refractivity (Wildman–Crippen MR) is 145 cm³/mol. The van der Waals surface area contributed by atoms with Gasteiger partial charge in [0.05, 0.1) is 48.6 Å². The lowest BCUT2D eigenvalue weighted by Gasteiger charge is -2.26. The standard InChI is InChI=1S/C26H29N3O8S2/c1-35-21-10-8-20(9-11-21)29(39(33,34)22-6-4-3-5-7-22)19-26(30)27-24-18-23(12-13-25(24)36-2)38(31,32)28-14-16-37-17-15-28/h3-13,18H,14-17,19H2,1-2H3,(H,27,30). The lowest BCUT2D eigenvalue weighted by molar-refractivity contribution is -0.114. The molecule has 0 bridgehead atoms. The molecule has 0 radical (unpaired) electrons. The van der Waals surface area contributed by atoms with E-state index in [0.29, 0.717) is 5.75 Å². The SMILES string of the molecule is COc1ccc(N(CC(=O)Nc2cc(S(=O)(=O)N3CCOCC3)ccc2OC)S(=O)(=O)c2ccccc2)cc1. The van der Waals surface area contributed by atoms with Gasteiger partial charge >= 0.3 is 0 Å². The minimum absolute atomic E-state index is 0.00444. The first-order chi connectivity index (χ1) is 18.7. The maximum Gasteiger partial charge on any atom is 0.264 e. The van der Waals surface area contributed by atoms with E-state index in [1.54, 1.807) is 30.3 Å². The van der Waals surface area contributed by atoms with Crippen molar-refractivity contribution in [3.63, 3.8) is 0 Å². The third-order valence-electron chi connectivity index (χ3n) is 6.03. The number of sulfonamides is 2. The molecule has 208 valence electrons. The Hall–Kier alpha value is -3.65. The van der Waals surface area contributed by atoms with E-state index in [2.05, 4.69) is 5.32 Å². The number of morpholine rings is 1. The zero-order valence-corrected chi connectivity index (χ0v) is 23.1. The second-order valence-electron chi connectivity index (χ2n) is 8.45. The molecule has 1 saturated heterocycles. The van der Waals surface area contributed by atoms with Gasteiger partial charge in [-0.2, -0.15) is 4.31 Å². The smallest absolute Gasteiger partial charge is 0.264 e. The summed E-state index contributed by atoms with van der Waals surface area (Å²) in [6.45, 7) is 0.410. The van der Waals surface area contributed by atoms with Crippen LogP contribution in [0.3, 0.4) is 0 Å². The van der Waals surface area contributed by atoms with Crippen LogP contribution in [-0.2, 0) is 29.6 Å². The molecule has 1 amide bonds. The first kappa shape index (κ1) is 28.4. The topological polar surface area (TPSA) is 132 Å². The summed E-state index contributed by atoms with van der Waals surface area (Å²) in [5.41, 5.74) is 0.328. The Morgan fingerprint density at radius 1 is 0.897 bits per heavy atom. The molecule has 1 fully saturated rings. The van der Waals surface area contributed by atoms with Crippen molar-refractivity contribution >= 4 is 37.3 Å². The number of rotatable bonds is 10. The van der Waals surface area contributed by atoms with Gasteiger partial charge in [0.15, 0.2) is 0 Å². The second kappa shape index (κ2) is 12.0. The fourth-order valence-electron chi connectivity index (χ4n) is 3.98. The summed E-state index contributed by atoms with van der Waals surface area (Å²) in [5, 5.41) is 2.62. The van der Waals surface area contributed by atoms with E-state index in [-0.39, 0.29) is 53.2 Å². The number of benzene rings is 3. The molecule has 4 rings (SSSR count). The number of anilines is 2. The third-order valence-corrected chi connectivity index (χ3v) is 9.71. The summed E-state index contributed by atoms with van der Waals surface area (Å²) in [6.07, 6.45) is 0. The van der Waals surface area contributed by atoms with Crippen molar-refractivity contribution in [2.75, 3.05) is 56.7 Å². The average molecular weight is 576 g/mol. The molecular formula is C26H29N3O8S2. The molecule has 1 aliphatic heterocycles. The van der Waals surface area contributed by atoms with E-state index in [1.165, 1.54) is 61.0 Å². The van der Waals surface area contributed by atoms with E-state index in [1.807, 2.05) is 0 Å². The van der Waals surface area contributed by atoms with Gasteiger partial charge in [0, 0.05) is 13.1 Å². The molecule has 3 aromatic rings. The maximum absolute atomic E-state index is 13.6. The summed E-state index contributed by atoms with van der Waals surface area (Å²) in [4.78, 5) is 13.2. The number of carbonyl (C=O) groups is 1. The molecule has 39 heavy (non-hydrogen) atoms. The number of nitrogens with zero attached hydrogens (tertiary/aromatic N) is 2. The van der Waals surface area contributed by atoms with E-state index in [0.717, 1.165) is 4.31 Å². The van der Waals surface area contributed by atoms with Gasteiger partial charge in [-0.3, -0.25) is 9.10 Å². The maximum atomic E-state index is 13.6. The molecule has 0 aliphatic carbocycles. The van der Waals surface area contributed by atoms with Gasteiger partial charge < -0.3 is 19.5 Å². The van der Waals surface area contributed by atoms with E-state index >= 15 is 0 Å². The Morgan fingerprint density at radius 3 is 2.18 bits per heavy atom. The number of carbonyl (C=O) groups excluding carboxylic acids is 1. The first-order valence-corrected chi connectivity index (χ1v) is 14.8. The van der Waals surface area contributed by atoms with Crippen molar-refractivity contribution in [3.8, 4) is 11.5 Å². The Labute approximate surface area is 228 Å². The lowest BCUT2D eigenvalue weighted by Crippen LogP contribution is -2.40. The number of hydrogen-bond donors (Lipinski definition) is 1. The zero-order chi connectivity index (χ0) is 28.0. The van der Waals surface area contributed by atoms with Gasteiger partial charge in [-0.05, 0) is 54.6 Å². The molecular weight excluding hydrogens is 546 g/mol. The van der Waals surface area contributed by atoms with Crippen LogP contribution >= 0.6 is 0 Å². The van der Waals surface area contributed by atoms with Crippen molar-refractivity contribution < 1.29 is 35.8 Å². The van der Waals surface area contributed by atoms with Gasteiger partial charge in [-0.25, -0.2) is 16.8 Å². The Bertz CT molecular complexity index is 1510. The van der Waals surface area contributed by atoms with Crippen molar-refractivity contribution in [1.29, 1.82) is 0 Å². The van der Waals surface area contributed by atoms with Gasteiger partial charge in [-0.15, -0.1) is 0 Å². The summed E-state index contributed by atoms with van der Waals surface area (Å²) in [6, 6.07) is 18.1. The summed E-state index contributed by atoms with van der Waals surface area (Å²) >= 11 is 0. The first-order valence-electron chi connectivity index (χ1n) is 11.9. The molecule has 1 N–H and O–H groups in total. The molecule has 3 aromatic carbocycles. The second-order valence-corrected chi connectivity index (χ2v) is 12.2. The van der Waals surface area contributed by atoms with Crippen LogP contribution < -0.4 is 19.1 Å². The highest BCUT2D eigenvalue weighted by molar-refractivity contribution is 7.92. The Kier molecular flexibility index (Phi) is 8.75. The summed E-state index contributed by atoms with van der Waals surface area (Å²) in [5.74, 6) is 0.0269. The zero-order valence-electron chi connectivity index (χ0n) is 21.4. The van der Waals surface area contributed by atoms with Crippen LogP contribution in [0.5, 0.6) is 11.5 Å². The number of methoxy groups -OCH3 is 2. The van der Waals surface area contributed by atoms with Crippen LogP contribution in [0.25, 0.3) is 0 Å². The van der Waals surface area contributed by atoms with Gasteiger partial charge in [0.2, 0.25) is 15.9 Å². The van der Waals surface area contributed by atoms with Crippen molar-refractivity contribution in [2.24, 2.45) is 0 Å². The fourth-order valence-corrected chi connectivity index (χ4v) is 6.86. The quantitative estimate of drug-likeness (QED) is 0.390. The molecule has 1 aliphatic rings. The molecule has 0 spiro atoms. The van der Waals surface area contributed by atoms with Gasteiger partial charge in [-0.1, -0.05) is 18.2 Å². The highest BCUT2D eigenvalue weighted by Gasteiger charge is 2.29. The van der Waals surface area contributed by atoms with Crippen LogP contribution in [0.2, 0.25) is 0 Å². The van der Waals surface area contributed by atoms with Crippen LogP contribution in [-0.4, -0.2) is 74.1 Å². The molecule has 0 saturated carbocycles. The predicted octanol–water partition coefficient (Wildman–Crippen LogP) is 2.56. The molecule has 11 nitrogen and oxygen atoms in total. The third kappa shape index (κ3) is 6.33. The Morgan fingerprint density at radius 2 is 1.56 bits per heavy atom. The number of hydrogen-bond acceptors (Lipinski definition) is 8. The number of amides is 1. The van der Waals surface area contributed by atoms with Crippen LogP contribution in [0, 0.1) is 0 Å². The largest absolute Gasteiger partial charge is 0.497 e. The van der Waals surface area contributed by atoms with Crippen molar-refractivity contribution in [1.82, 2.24) is 4.31 Å². The Balaban J connectivity index is 1.64. The van der Waals surface area contributed by atoms with Crippen LogP contribution in [0.1, 0.15) is 0 Å². The summed E-state index contributed by atoms with van der Waals surface area (Å²) < 4.78 is 71.4. The van der Waals surface area contributed by atoms with Crippen molar-refractivity contribution in [2.45, 2.75) is 9.79 Å². The fraction of sp³-hybridized carbons (Fsp3) is 0.269.